The first kappa shape index (κ1) is 25.2. The molecule has 10 heteroatoms. The average molecular weight is 544 g/mol. The maximum atomic E-state index is 11.8. The van der Waals surface area contributed by atoms with E-state index in [1.54, 1.807) is 0 Å². The molecule has 4 rings (SSSR count). The van der Waals surface area contributed by atoms with Gasteiger partial charge in [0.25, 0.3) is 0 Å². The molecule has 1 aliphatic heterocycles. The number of ether oxygens (including phenoxy) is 1. The highest BCUT2D eigenvalue weighted by atomic mass is 35.5. The Bertz CT molecular complexity index is 1270. The molecular formula is C24H25Cl3N2O4S. The summed E-state index contributed by atoms with van der Waals surface area (Å²) in [5.74, 6) is 0.737. The van der Waals surface area contributed by atoms with Crippen LogP contribution >= 0.6 is 34.8 Å². The number of hydrogen-bond acceptors (Lipinski definition) is 6. The largest absolute Gasteiger partial charge is 0.486 e. The SMILES string of the molecule is CC(C)(c1ccc(OCc2ocnc2S(C)(=O)=O)cc1)c1cc(Cl)c(N2CCC(Cl)C2)c(Cl)c1. The molecule has 34 heavy (non-hydrogen) atoms. The van der Waals surface area contributed by atoms with Gasteiger partial charge in [-0.05, 0) is 41.8 Å². The van der Waals surface area contributed by atoms with Gasteiger partial charge in [0.05, 0.1) is 21.1 Å². The molecule has 1 atom stereocenters. The first-order valence-electron chi connectivity index (χ1n) is 10.7. The van der Waals surface area contributed by atoms with Crippen molar-refractivity contribution in [2.24, 2.45) is 0 Å². The highest BCUT2D eigenvalue weighted by Gasteiger charge is 2.29. The van der Waals surface area contributed by atoms with Crippen molar-refractivity contribution in [2.75, 3.05) is 24.2 Å². The van der Waals surface area contributed by atoms with E-state index in [4.69, 9.17) is 44.0 Å². The molecule has 0 bridgehead atoms. The molecule has 0 N–H and O–H groups in total. The average Bonchev–Trinajstić information content (AvgIpc) is 3.41. The predicted molar refractivity (Wildman–Crippen MR) is 135 cm³/mol. The van der Waals surface area contributed by atoms with Gasteiger partial charge in [0, 0.05) is 24.8 Å². The van der Waals surface area contributed by atoms with Gasteiger partial charge in [-0.15, -0.1) is 11.6 Å². The van der Waals surface area contributed by atoms with Crippen LogP contribution < -0.4 is 9.64 Å². The van der Waals surface area contributed by atoms with Crippen molar-refractivity contribution in [1.29, 1.82) is 0 Å². The van der Waals surface area contributed by atoms with Crippen LogP contribution in [0.2, 0.25) is 10.0 Å². The summed E-state index contributed by atoms with van der Waals surface area (Å²) in [5, 5.41) is 1.20. The Morgan fingerprint density at radius 1 is 1.15 bits per heavy atom. The minimum absolute atomic E-state index is 0.0442. The predicted octanol–water partition coefficient (Wildman–Crippen LogP) is 6.11. The minimum Gasteiger partial charge on any atom is -0.486 e. The van der Waals surface area contributed by atoms with Crippen molar-refractivity contribution in [1.82, 2.24) is 4.98 Å². The fraction of sp³-hybridized carbons (Fsp3) is 0.375. The molecule has 2 heterocycles. The van der Waals surface area contributed by atoms with E-state index >= 15 is 0 Å². The number of benzene rings is 2. The van der Waals surface area contributed by atoms with Gasteiger partial charge < -0.3 is 14.1 Å². The van der Waals surface area contributed by atoms with Crippen molar-refractivity contribution in [3.05, 3.63) is 69.7 Å². The standard InChI is InChI=1S/C24H25Cl3N2O4S/c1-24(2,16-10-19(26)22(20(27)11-16)29-9-8-17(25)12-29)15-4-6-18(7-5-15)32-13-21-23(28-14-33-21)34(3,30)31/h4-7,10-11,14,17H,8-9,12-13H2,1-3H3. The van der Waals surface area contributed by atoms with Crippen molar-refractivity contribution >= 4 is 50.3 Å². The summed E-state index contributed by atoms with van der Waals surface area (Å²) in [7, 11) is -3.49. The van der Waals surface area contributed by atoms with Crippen LogP contribution in [0.1, 0.15) is 37.2 Å². The van der Waals surface area contributed by atoms with Crippen LogP contribution in [0.3, 0.4) is 0 Å². The molecule has 1 aliphatic rings. The van der Waals surface area contributed by atoms with Gasteiger partial charge in [0.15, 0.2) is 27.0 Å². The van der Waals surface area contributed by atoms with Crippen molar-refractivity contribution in [3.63, 3.8) is 0 Å². The minimum atomic E-state index is -3.49. The van der Waals surface area contributed by atoms with Gasteiger partial charge >= 0.3 is 0 Å². The van der Waals surface area contributed by atoms with E-state index in [1.807, 2.05) is 36.4 Å². The molecule has 1 saturated heterocycles. The lowest BCUT2D eigenvalue weighted by atomic mass is 9.78. The van der Waals surface area contributed by atoms with Crippen molar-refractivity contribution in [3.8, 4) is 5.75 Å². The molecule has 1 aromatic heterocycles. The third-order valence-corrected chi connectivity index (χ3v) is 8.05. The van der Waals surface area contributed by atoms with Crippen molar-refractivity contribution in [2.45, 2.75) is 42.7 Å². The van der Waals surface area contributed by atoms with Crippen LogP contribution in [0.25, 0.3) is 0 Å². The molecule has 1 unspecified atom stereocenters. The lowest BCUT2D eigenvalue weighted by Crippen LogP contribution is -2.22. The first-order valence-corrected chi connectivity index (χ1v) is 13.8. The van der Waals surface area contributed by atoms with Gasteiger partial charge in [-0.1, -0.05) is 49.2 Å². The molecule has 0 amide bonds. The summed E-state index contributed by atoms with van der Waals surface area (Å²) in [4.78, 5) is 5.90. The van der Waals surface area contributed by atoms with Crippen LogP contribution in [0.5, 0.6) is 5.75 Å². The number of aromatic nitrogens is 1. The maximum absolute atomic E-state index is 11.8. The van der Waals surface area contributed by atoms with E-state index in [0.29, 0.717) is 15.8 Å². The molecule has 0 aliphatic carbocycles. The number of oxazole rings is 1. The van der Waals surface area contributed by atoms with Crippen LogP contribution in [0, 0.1) is 0 Å². The van der Waals surface area contributed by atoms with E-state index in [2.05, 4.69) is 23.7 Å². The molecule has 1 fully saturated rings. The molecule has 0 radical (unpaired) electrons. The zero-order chi connectivity index (χ0) is 24.7. The lowest BCUT2D eigenvalue weighted by Gasteiger charge is -2.29. The number of sulfone groups is 1. The number of anilines is 1. The Hall–Kier alpha value is -1.93. The topological polar surface area (TPSA) is 72.6 Å². The molecule has 0 saturated carbocycles. The second-order valence-corrected chi connectivity index (χ2v) is 12.3. The summed E-state index contributed by atoms with van der Waals surface area (Å²) in [6.07, 6.45) is 3.08. The van der Waals surface area contributed by atoms with E-state index in [9.17, 15) is 8.42 Å². The number of hydrogen-bond donors (Lipinski definition) is 0. The normalized spacial score (nSPS) is 16.8. The zero-order valence-electron chi connectivity index (χ0n) is 19.0. The third kappa shape index (κ3) is 5.18. The van der Waals surface area contributed by atoms with Gasteiger partial charge in [0.1, 0.15) is 12.4 Å². The molecular weight excluding hydrogens is 519 g/mol. The van der Waals surface area contributed by atoms with Gasteiger partial charge in [-0.2, -0.15) is 0 Å². The fourth-order valence-corrected chi connectivity index (χ4v) is 5.84. The monoisotopic (exact) mass is 542 g/mol. The number of halogens is 3. The van der Waals surface area contributed by atoms with Gasteiger partial charge in [-0.25, -0.2) is 13.4 Å². The van der Waals surface area contributed by atoms with Crippen LogP contribution in [0.4, 0.5) is 5.69 Å². The van der Waals surface area contributed by atoms with E-state index in [-0.39, 0.29) is 28.2 Å². The summed E-state index contributed by atoms with van der Waals surface area (Å²) in [6.45, 7) is 5.71. The molecule has 6 nitrogen and oxygen atoms in total. The Kier molecular flexibility index (Phi) is 7.11. The summed E-state index contributed by atoms with van der Waals surface area (Å²) < 4.78 is 34.4. The Morgan fingerprint density at radius 2 is 1.79 bits per heavy atom. The van der Waals surface area contributed by atoms with Crippen LogP contribution in [0.15, 0.2) is 52.2 Å². The van der Waals surface area contributed by atoms with E-state index < -0.39 is 9.84 Å². The smallest absolute Gasteiger partial charge is 0.200 e. The van der Waals surface area contributed by atoms with Crippen molar-refractivity contribution < 1.29 is 17.6 Å². The molecule has 2 aromatic carbocycles. The Labute approximate surface area is 214 Å². The quantitative estimate of drug-likeness (QED) is 0.335. The van der Waals surface area contributed by atoms with Gasteiger partial charge in [0.2, 0.25) is 0 Å². The second kappa shape index (κ2) is 9.61. The molecule has 182 valence electrons. The Morgan fingerprint density at radius 3 is 2.35 bits per heavy atom. The maximum Gasteiger partial charge on any atom is 0.200 e. The zero-order valence-corrected chi connectivity index (χ0v) is 22.1. The van der Waals surface area contributed by atoms with Crippen LogP contribution in [-0.4, -0.2) is 38.1 Å². The van der Waals surface area contributed by atoms with Gasteiger partial charge in [-0.3, -0.25) is 0 Å². The van der Waals surface area contributed by atoms with E-state index in [1.165, 1.54) is 0 Å². The van der Waals surface area contributed by atoms with Crippen LogP contribution in [-0.2, 0) is 21.9 Å². The summed E-state index contributed by atoms with van der Waals surface area (Å²) >= 11 is 19.6. The highest BCUT2D eigenvalue weighted by Crippen LogP contribution is 2.42. The summed E-state index contributed by atoms with van der Waals surface area (Å²) in [5.41, 5.74) is 2.48. The number of rotatable bonds is 7. The Balaban J connectivity index is 1.51. The third-order valence-electron chi connectivity index (χ3n) is 6.09. The lowest BCUT2D eigenvalue weighted by molar-refractivity contribution is 0.265. The number of nitrogens with zero attached hydrogens (tertiary/aromatic N) is 2. The first-order chi connectivity index (χ1) is 16.0. The molecule has 3 aromatic rings. The number of alkyl halides is 1. The second-order valence-electron chi connectivity index (χ2n) is 8.91. The fourth-order valence-electron chi connectivity index (χ4n) is 4.09. The summed E-state index contributed by atoms with van der Waals surface area (Å²) in [6, 6.07) is 11.5. The van der Waals surface area contributed by atoms with E-state index in [0.717, 1.165) is 49.0 Å². The molecule has 0 spiro atoms. The highest BCUT2D eigenvalue weighted by molar-refractivity contribution is 7.90.